The van der Waals surface area contributed by atoms with E-state index in [1.807, 2.05) is 7.05 Å². The van der Waals surface area contributed by atoms with E-state index in [2.05, 4.69) is 15.5 Å². The number of piperidine rings is 1. The minimum Gasteiger partial charge on any atom is -0.377 e. The highest BCUT2D eigenvalue weighted by atomic mass is 16.6. The molecule has 23 heavy (non-hydrogen) atoms. The molecule has 0 radical (unpaired) electrons. The Bertz CT molecular complexity index is 615. The van der Waals surface area contributed by atoms with E-state index in [-0.39, 0.29) is 17.6 Å². The molecule has 1 unspecified atom stereocenters. The highest BCUT2D eigenvalue weighted by molar-refractivity contribution is 5.96. The second-order valence-electron chi connectivity index (χ2n) is 6.48. The lowest BCUT2D eigenvalue weighted by Gasteiger charge is -2.30. The van der Waals surface area contributed by atoms with Gasteiger partial charge in [0.2, 0.25) is 0 Å². The van der Waals surface area contributed by atoms with E-state index in [4.69, 9.17) is 0 Å². The molecule has 2 aliphatic rings. The molecule has 124 valence electrons. The molecule has 1 aromatic rings. The van der Waals surface area contributed by atoms with Crippen molar-refractivity contribution in [1.29, 1.82) is 0 Å². The first kappa shape index (κ1) is 15.7. The smallest absolute Gasteiger partial charge is 0.293 e. The number of nitro benzene ring substituents is 1. The summed E-state index contributed by atoms with van der Waals surface area (Å²) in [6, 6.07) is 5.08. The van der Waals surface area contributed by atoms with Crippen LogP contribution in [0.5, 0.6) is 0 Å². The molecule has 1 amide bonds. The molecule has 2 N–H and O–H groups in total. The summed E-state index contributed by atoms with van der Waals surface area (Å²) in [6.07, 6.45) is 4.06. The number of carbonyl (C=O) groups excluding carboxylic acids is 1. The lowest BCUT2D eigenvalue weighted by Crippen LogP contribution is -2.46. The summed E-state index contributed by atoms with van der Waals surface area (Å²) in [5.74, 6) is -0.244. The van der Waals surface area contributed by atoms with Crippen LogP contribution < -0.4 is 10.6 Å². The van der Waals surface area contributed by atoms with Crippen LogP contribution in [0.4, 0.5) is 11.4 Å². The topological polar surface area (TPSA) is 87.5 Å². The van der Waals surface area contributed by atoms with Gasteiger partial charge in [-0.15, -0.1) is 0 Å². The molecule has 3 rings (SSSR count). The third-order valence-electron chi connectivity index (χ3n) is 4.35. The number of rotatable bonds is 5. The van der Waals surface area contributed by atoms with Crippen molar-refractivity contribution in [3.63, 3.8) is 0 Å². The Morgan fingerprint density at radius 1 is 1.30 bits per heavy atom. The first-order valence-corrected chi connectivity index (χ1v) is 8.07. The van der Waals surface area contributed by atoms with Gasteiger partial charge in [0.25, 0.3) is 11.6 Å². The van der Waals surface area contributed by atoms with Gasteiger partial charge >= 0.3 is 0 Å². The second-order valence-corrected chi connectivity index (χ2v) is 6.48. The van der Waals surface area contributed by atoms with Crippen LogP contribution in [0.2, 0.25) is 0 Å². The molecule has 7 heteroatoms. The summed E-state index contributed by atoms with van der Waals surface area (Å²) in [5, 5.41) is 17.4. The van der Waals surface area contributed by atoms with Gasteiger partial charge in [-0.1, -0.05) is 0 Å². The number of amides is 1. The van der Waals surface area contributed by atoms with E-state index in [1.54, 1.807) is 12.1 Å². The van der Waals surface area contributed by atoms with Crippen molar-refractivity contribution in [1.82, 2.24) is 10.2 Å². The number of likely N-dealkylation sites (N-methyl/N-ethyl adjacent to an activating group) is 1. The molecule has 7 nitrogen and oxygen atoms in total. The van der Waals surface area contributed by atoms with E-state index in [9.17, 15) is 14.9 Å². The van der Waals surface area contributed by atoms with Crippen molar-refractivity contribution in [3.8, 4) is 0 Å². The van der Waals surface area contributed by atoms with Crippen LogP contribution in [0, 0.1) is 10.1 Å². The highest BCUT2D eigenvalue weighted by Gasteiger charge is 2.26. The van der Waals surface area contributed by atoms with E-state index >= 15 is 0 Å². The first-order chi connectivity index (χ1) is 11.0. The Kier molecular flexibility index (Phi) is 4.47. The third-order valence-corrected chi connectivity index (χ3v) is 4.35. The minimum absolute atomic E-state index is 0.0367. The highest BCUT2D eigenvalue weighted by Crippen LogP contribution is 2.31. The summed E-state index contributed by atoms with van der Waals surface area (Å²) in [5.41, 5.74) is 0.794. The number of carbonyl (C=O) groups is 1. The number of likely N-dealkylation sites (tertiary alicyclic amines) is 1. The number of nitrogens with zero attached hydrogens (tertiary/aromatic N) is 2. The summed E-state index contributed by atoms with van der Waals surface area (Å²) in [7, 11) is 2.03. The van der Waals surface area contributed by atoms with Crippen molar-refractivity contribution in [2.45, 2.75) is 37.8 Å². The lowest BCUT2D eigenvalue weighted by molar-refractivity contribution is -0.384. The van der Waals surface area contributed by atoms with Crippen molar-refractivity contribution in [2.75, 3.05) is 25.5 Å². The molecule has 1 atom stereocenters. The lowest BCUT2D eigenvalue weighted by atomic mass is 10.1. The van der Waals surface area contributed by atoms with Crippen LogP contribution in [-0.2, 0) is 0 Å². The minimum atomic E-state index is -0.435. The molecule has 1 heterocycles. The number of anilines is 1. The Morgan fingerprint density at radius 3 is 2.74 bits per heavy atom. The molecule has 1 aliphatic heterocycles. The van der Waals surface area contributed by atoms with E-state index in [0.717, 1.165) is 38.8 Å². The Labute approximate surface area is 135 Å². The van der Waals surface area contributed by atoms with Crippen LogP contribution in [-0.4, -0.2) is 48.0 Å². The Balaban J connectivity index is 1.72. The van der Waals surface area contributed by atoms with Gasteiger partial charge < -0.3 is 15.5 Å². The maximum atomic E-state index is 12.4. The summed E-state index contributed by atoms with van der Waals surface area (Å²) in [4.78, 5) is 25.4. The SMILES string of the molecule is CN1CCCC(NC(=O)c2ccc(NC3CC3)c([N+](=O)[O-])c2)C1. The average Bonchev–Trinajstić information content (AvgIpc) is 3.31. The maximum Gasteiger partial charge on any atom is 0.293 e. The zero-order valence-electron chi connectivity index (χ0n) is 13.2. The number of hydrogen-bond donors (Lipinski definition) is 2. The van der Waals surface area contributed by atoms with Gasteiger partial charge in [-0.3, -0.25) is 14.9 Å². The molecule has 0 spiro atoms. The predicted molar refractivity (Wildman–Crippen MR) is 87.7 cm³/mol. The van der Waals surface area contributed by atoms with Crippen molar-refractivity contribution < 1.29 is 9.72 Å². The van der Waals surface area contributed by atoms with Gasteiger partial charge in [0.15, 0.2) is 0 Å². The molecule has 1 aliphatic carbocycles. The maximum absolute atomic E-state index is 12.4. The van der Waals surface area contributed by atoms with Gasteiger partial charge in [-0.25, -0.2) is 0 Å². The van der Waals surface area contributed by atoms with Gasteiger partial charge in [0.05, 0.1) is 4.92 Å². The van der Waals surface area contributed by atoms with Gasteiger partial charge in [-0.2, -0.15) is 0 Å². The summed E-state index contributed by atoms with van der Waals surface area (Å²) < 4.78 is 0. The molecule has 1 aromatic carbocycles. The largest absolute Gasteiger partial charge is 0.377 e. The zero-order chi connectivity index (χ0) is 16.4. The van der Waals surface area contributed by atoms with Crippen molar-refractivity contribution >= 4 is 17.3 Å². The fourth-order valence-electron chi connectivity index (χ4n) is 2.95. The molecule has 1 saturated heterocycles. The quantitative estimate of drug-likeness (QED) is 0.640. The number of benzene rings is 1. The summed E-state index contributed by atoms with van der Waals surface area (Å²) in [6.45, 7) is 1.86. The third kappa shape index (κ3) is 3.98. The normalized spacial score (nSPS) is 21.7. The van der Waals surface area contributed by atoms with Crippen LogP contribution in [0.25, 0.3) is 0 Å². The second kappa shape index (κ2) is 6.54. The fraction of sp³-hybridized carbons (Fsp3) is 0.562. The monoisotopic (exact) mass is 318 g/mol. The average molecular weight is 318 g/mol. The first-order valence-electron chi connectivity index (χ1n) is 8.07. The van der Waals surface area contributed by atoms with Crippen LogP contribution in [0.15, 0.2) is 18.2 Å². The molecular formula is C16H22N4O3. The molecule has 0 aromatic heterocycles. The Hall–Kier alpha value is -2.15. The zero-order valence-corrected chi connectivity index (χ0v) is 13.2. The van der Waals surface area contributed by atoms with Gasteiger partial charge in [0, 0.05) is 30.3 Å². The van der Waals surface area contributed by atoms with Crippen molar-refractivity contribution in [3.05, 3.63) is 33.9 Å². The number of nitrogens with one attached hydrogen (secondary N) is 2. The standard InChI is InChI=1S/C16H22N4O3/c1-19-8-2-3-13(10-19)18-16(21)11-4-7-14(17-12-5-6-12)15(9-11)20(22)23/h4,7,9,12-13,17H,2-3,5-6,8,10H2,1H3,(H,18,21). The van der Waals surface area contributed by atoms with Gasteiger partial charge in [0.1, 0.15) is 5.69 Å². The van der Waals surface area contributed by atoms with Crippen LogP contribution >= 0.6 is 0 Å². The van der Waals surface area contributed by atoms with Crippen LogP contribution in [0.3, 0.4) is 0 Å². The van der Waals surface area contributed by atoms with Crippen LogP contribution in [0.1, 0.15) is 36.0 Å². The predicted octanol–water partition coefficient (Wildman–Crippen LogP) is 1.99. The number of hydrogen-bond acceptors (Lipinski definition) is 5. The van der Waals surface area contributed by atoms with Crippen molar-refractivity contribution in [2.24, 2.45) is 0 Å². The van der Waals surface area contributed by atoms with E-state index < -0.39 is 4.92 Å². The summed E-state index contributed by atoms with van der Waals surface area (Å²) >= 11 is 0. The Morgan fingerprint density at radius 2 is 2.09 bits per heavy atom. The number of nitro groups is 1. The fourth-order valence-corrected chi connectivity index (χ4v) is 2.95. The molecule has 2 fully saturated rings. The molecule has 1 saturated carbocycles. The van der Waals surface area contributed by atoms with E-state index in [1.165, 1.54) is 6.07 Å². The van der Waals surface area contributed by atoms with Gasteiger partial charge in [-0.05, 0) is 51.4 Å². The molecular weight excluding hydrogens is 296 g/mol. The molecule has 0 bridgehead atoms. The van der Waals surface area contributed by atoms with E-state index in [0.29, 0.717) is 17.3 Å².